The first-order chi connectivity index (χ1) is 13.3. The number of aromatic nitrogens is 2. The summed E-state index contributed by atoms with van der Waals surface area (Å²) in [5.74, 6) is -0.0248. The molecule has 1 N–H and O–H groups in total. The van der Waals surface area contributed by atoms with Gasteiger partial charge in [0.1, 0.15) is 5.69 Å². The summed E-state index contributed by atoms with van der Waals surface area (Å²) in [6.45, 7) is 2.06. The number of rotatable bonds is 5. The molecule has 1 unspecified atom stereocenters. The van der Waals surface area contributed by atoms with Gasteiger partial charge in [0.05, 0.1) is 16.1 Å². The number of amides is 1. The number of benzene rings is 1. The van der Waals surface area contributed by atoms with Crippen LogP contribution in [0.4, 0.5) is 0 Å². The molecule has 3 aromatic rings. The summed E-state index contributed by atoms with van der Waals surface area (Å²) in [6, 6.07) is 14.9. The number of carbonyl (C=O) groups is 1. The Kier molecular flexibility index (Phi) is 4.30. The molecule has 0 bridgehead atoms. The van der Waals surface area contributed by atoms with E-state index in [0.29, 0.717) is 5.56 Å². The lowest BCUT2D eigenvalue weighted by molar-refractivity contribution is 0.0938. The molecule has 1 aliphatic heterocycles. The summed E-state index contributed by atoms with van der Waals surface area (Å²) < 4.78 is 1.80. The number of thiophene rings is 1. The van der Waals surface area contributed by atoms with Crippen LogP contribution in [-0.4, -0.2) is 45.8 Å². The molecule has 3 heterocycles. The molecule has 27 heavy (non-hydrogen) atoms. The first-order valence-corrected chi connectivity index (χ1v) is 10.4. The maximum absolute atomic E-state index is 13.1. The molecular formula is C21H22N4OS. The molecule has 1 aromatic carbocycles. The predicted molar refractivity (Wildman–Crippen MR) is 107 cm³/mol. The summed E-state index contributed by atoms with van der Waals surface area (Å²) in [4.78, 5) is 16.6. The summed E-state index contributed by atoms with van der Waals surface area (Å²) in [5, 5.41) is 9.99. The molecule has 2 fully saturated rings. The maximum Gasteiger partial charge on any atom is 0.255 e. The van der Waals surface area contributed by atoms with Gasteiger partial charge in [0.25, 0.3) is 5.91 Å². The molecule has 1 saturated carbocycles. The second-order valence-corrected chi connectivity index (χ2v) is 8.28. The monoisotopic (exact) mass is 378 g/mol. The summed E-state index contributed by atoms with van der Waals surface area (Å²) in [6.07, 6.45) is 5.51. The smallest absolute Gasteiger partial charge is 0.255 e. The molecule has 1 aliphatic carbocycles. The molecule has 2 aromatic heterocycles. The predicted octanol–water partition coefficient (Wildman–Crippen LogP) is 3.57. The molecular weight excluding hydrogens is 356 g/mol. The van der Waals surface area contributed by atoms with Gasteiger partial charge in [0.15, 0.2) is 0 Å². The van der Waals surface area contributed by atoms with Crippen molar-refractivity contribution in [1.82, 2.24) is 20.0 Å². The molecule has 0 spiro atoms. The standard InChI is InChI=1S/C21H22N4OS/c26-21(22-15-10-11-24(13-15)16-8-9-16)18-14-25(17-5-2-1-3-6-17)23-20(18)19-7-4-12-27-19/h1-7,12,14-16H,8-11,13H2,(H,22,26). The van der Waals surface area contributed by atoms with E-state index in [9.17, 15) is 4.79 Å². The summed E-state index contributed by atoms with van der Waals surface area (Å²) in [5.41, 5.74) is 2.35. The Labute approximate surface area is 162 Å². The average Bonchev–Trinajstić information content (AvgIpc) is 3.11. The number of para-hydroxylation sites is 1. The Hall–Kier alpha value is -2.44. The number of nitrogens with one attached hydrogen (secondary N) is 1. The zero-order valence-electron chi connectivity index (χ0n) is 15.0. The third kappa shape index (κ3) is 3.42. The van der Waals surface area contributed by atoms with Gasteiger partial charge >= 0.3 is 0 Å². The van der Waals surface area contributed by atoms with Crippen LogP contribution in [0.15, 0.2) is 54.0 Å². The van der Waals surface area contributed by atoms with Crippen molar-refractivity contribution in [3.63, 3.8) is 0 Å². The Morgan fingerprint density at radius 1 is 1.11 bits per heavy atom. The van der Waals surface area contributed by atoms with Crippen LogP contribution in [0, 0.1) is 0 Å². The zero-order chi connectivity index (χ0) is 18.2. The van der Waals surface area contributed by atoms with Crippen LogP contribution >= 0.6 is 11.3 Å². The van der Waals surface area contributed by atoms with Gasteiger partial charge in [-0.3, -0.25) is 9.69 Å². The van der Waals surface area contributed by atoms with Crippen LogP contribution in [0.1, 0.15) is 29.6 Å². The zero-order valence-corrected chi connectivity index (χ0v) is 15.9. The van der Waals surface area contributed by atoms with Gasteiger partial charge in [0.2, 0.25) is 0 Å². The second kappa shape index (κ2) is 6.94. The lowest BCUT2D eigenvalue weighted by atomic mass is 10.2. The van der Waals surface area contributed by atoms with Crippen LogP contribution in [0.25, 0.3) is 16.3 Å². The van der Waals surface area contributed by atoms with Crippen LogP contribution in [0.5, 0.6) is 0 Å². The number of hydrogen-bond acceptors (Lipinski definition) is 4. The average molecular weight is 379 g/mol. The topological polar surface area (TPSA) is 50.2 Å². The second-order valence-electron chi connectivity index (χ2n) is 7.33. The van der Waals surface area contributed by atoms with Crippen molar-refractivity contribution in [1.29, 1.82) is 0 Å². The van der Waals surface area contributed by atoms with Crippen LogP contribution in [0.2, 0.25) is 0 Å². The number of hydrogen-bond donors (Lipinski definition) is 1. The normalized spacial score (nSPS) is 20.1. The Bertz CT molecular complexity index is 931. The van der Waals surface area contributed by atoms with Crippen molar-refractivity contribution in [3.8, 4) is 16.3 Å². The van der Waals surface area contributed by atoms with E-state index in [1.54, 1.807) is 16.0 Å². The Balaban J connectivity index is 1.41. The molecule has 1 atom stereocenters. The van der Waals surface area contributed by atoms with Gasteiger partial charge in [-0.25, -0.2) is 4.68 Å². The summed E-state index contributed by atoms with van der Waals surface area (Å²) in [7, 11) is 0. The highest BCUT2D eigenvalue weighted by molar-refractivity contribution is 7.13. The lowest BCUT2D eigenvalue weighted by Gasteiger charge is -2.15. The minimum absolute atomic E-state index is 0.0248. The van der Waals surface area contributed by atoms with Gasteiger partial charge in [-0.1, -0.05) is 24.3 Å². The largest absolute Gasteiger partial charge is 0.348 e. The van der Waals surface area contributed by atoms with Crippen LogP contribution < -0.4 is 5.32 Å². The van der Waals surface area contributed by atoms with Crippen molar-refractivity contribution in [2.24, 2.45) is 0 Å². The van der Waals surface area contributed by atoms with Crippen molar-refractivity contribution < 1.29 is 4.79 Å². The fourth-order valence-electron chi connectivity index (χ4n) is 3.79. The van der Waals surface area contributed by atoms with E-state index in [1.807, 2.05) is 54.0 Å². The van der Waals surface area contributed by atoms with Crippen molar-refractivity contribution in [2.45, 2.75) is 31.3 Å². The molecule has 1 saturated heterocycles. The van der Waals surface area contributed by atoms with Gasteiger partial charge in [-0.2, -0.15) is 5.10 Å². The number of nitrogens with zero attached hydrogens (tertiary/aromatic N) is 3. The SMILES string of the molecule is O=C(NC1CCN(C2CC2)C1)c1cn(-c2ccccc2)nc1-c1cccs1. The van der Waals surface area contributed by atoms with E-state index in [1.165, 1.54) is 12.8 Å². The quantitative estimate of drug-likeness (QED) is 0.738. The molecule has 5 nitrogen and oxygen atoms in total. The molecule has 2 aliphatic rings. The minimum atomic E-state index is -0.0248. The highest BCUT2D eigenvalue weighted by atomic mass is 32.1. The fourth-order valence-corrected chi connectivity index (χ4v) is 4.51. The van der Waals surface area contributed by atoms with Crippen molar-refractivity contribution in [2.75, 3.05) is 13.1 Å². The van der Waals surface area contributed by atoms with Crippen molar-refractivity contribution in [3.05, 3.63) is 59.6 Å². The first-order valence-electron chi connectivity index (χ1n) is 9.52. The first kappa shape index (κ1) is 16.7. The van der Waals surface area contributed by atoms with Gasteiger partial charge in [-0.05, 0) is 42.8 Å². The molecule has 5 rings (SSSR count). The number of carbonyl (C=O) groups excluding carboxylic acids is 1. The minimum Gasteiger partial charge on any atom is -0.348 e. The lowest BCUT2D eigenvalue weighted by Crippen LogP contribution is -2.37. The van der Waals surface area contributed by atoms with E-state index in [-0.39, 0.29) is 11.9 Å². The van der Waals surface area contributed by atoms with Crippen LogP contribution in [0.3, 0.4) is 0 Å². The fraction of sp³-hybridized carbons (Fsp3) is 0.333. The molecule has 1 amide bonds. The van der Waals surface area contributed by atoms with E-state index in [2.05, 4.69) is 10.2 Å². The van der Waals surface area contributed by atoms with E-state index in [0.717, 1.165) is 41.8 Å². The highest BCUT2D eigenvalue weighted by Gasteiger charge is 2.35. The Morgan fingerprint density at radius 3 is 2.70 bits per heavy atom. The third-order valence-corrected chi connectivity index (χ3v) is 6.23. The van der Waals surface area contributed by atoms with Gasteiger partial charge in [-0.15, -0.1) is 11.3 Å². The maximum atomic E-state index is 13.1. The molecule has 138 valence electrons. The number of likely N-dealkylation sites (tertiary alicyclic amines) is 1. The van der Waals surface area contributed by atoms with E-state index >= 15 is 0 Å². The van der Waals surface area contributed by atoms with Gasteiger partial charge in [0, 0.05) is 31.4 Å². The van der Waals surface area contributed by atoms with E-state index in [4.69, 9.17) is 5.10 Å². The Morgan fingerprint density at radius 2 is 1.96 bits per heavy atom. The molecule has 0 radical (unpaired) electrons. The van der Waals surface area contributed by atoms with Crippen LogP contribution in [-0.2, 0) is 0 Å². The highest BCUT2D eigenvalue weighted by Crippen LogP contribution is 2.31. The van der Waals surface area contributed by atoms with E-state index < -0.39 is 0 Å². The van der Waals surface area contributed by atoms with Crippen molar-refractivity contribution >= 4 is 17.2 Å². The summed E-state index contributed by atoms with van der Waals surface area (Å²) >= 11 is 1.61. The third-order valence-electron chi connectivity index (χ3n) is 5.35. The van der Waals surface area contributed by atoms with Gasteiger partial charge < -0.3 is 5.32 Å². The molecule has 6 heteroatoms.